The molecule has 0 fully saturated rings. The highest BCUT2D eigenvalue weighted by Crippen LogP contribution is 2.15. The van der Waals surface area contributed by atoms with Crippen LogP contribution in [0.5, 0.6) is 0 Å². The summed E-state index contributed by atoms with van der Waals surface area (Å²) in [4.78, 5) is 10.8. The van der Waals surface area contributed by atoms with E-state index in [0.29, 0.717) is 6.54 Å². The van der Waals surface area contributed by atoms with Gasteiger partial charge in [-0.2, -0.15) is 0 Å². The van der Waals surface area contributed by atoms with Crippen LogP contribution in [0.4, 0.5) is 0 Å². The first kappa shape index (κ1) is 14.7. The van der Waals surface area contributed by atoms with Crippen molar-refractivity contribution in [3.8, 4) is 0 Å². The SMILES string of the molecule is CC(=O)OCC(C)(CO)CNCc1ccccc1. The number of carbonyl (C=O) groups is 1. The first-order chi connectivity index (χ1) is 8.56. The highest BCUT2D eigenvalue weighted by molar-refractivity contribution is 5.65. The summed E-state index contributed by atoms with van der Waals surface area (Å²) in [5.41, 5.74) is 0.741. The molecule has 1 aromatic carbocycles. The van der Waals surface area contributed by atoms with Gasteiger partial charge in [0.1, 0.15) is 6.61 Å². The number of carbonyl (C=O) groups excluding carboxylic acids is 1. The van der Waals surface area contributed by atoms with Crippen LogP contribution in [-0.2, 0) is 16.1 Å². The molecule has 0 radical (unpaired) electrons. The van der Waals surface area contributed by atoms with E-state index in [9.17, 15) is 9.90 Å². The molecule has 0 saturated carbocycles. The number of aliphatic hydroxyl groups is 1. The summed E-state index contributed by atoms with van der Waals surface area (Å²) in [6, 6.07) is 10.0. The van der Waals surface area contributed by atoms with Gasteiger partial charge < -0.3 is 15.2 Å². The van der Waals surface area contributed by atoms with Crippen LogP contribution in [0.25, 0.3) is 0 Å². The van der Waals surface area contributed by atoms with Crippen LogP contribution in [-0.4, -0.2) is 30.8 Å². The Bertz CT molecular complexity index is 367. The number of rotatable bonds is 7. The van der Waals surface area contributed by atoms with Crippen LogP contribution in [0.2, 0.25) is 0 Å². The second-order valence-corrected chi connectivity index (χ2v) is 4.84. The molecule has 1 aromatic rings. The molecular weight excluding hydrogens is 230 g/mol. The number of esters is 1. The monoisotopic (exact) mass is 251 g/mol. The van der Waals surface area contributed by atoms with Crippen molar-refractivity contribution in [2.75, 3.05) is 19.8 Å². The molecule has 0 bridgehead atoms. The number of hydrogen-bond donors (Lipinski definition) is 2. The summed E-state index contributed by atoms with van der Waals surface area (Å²) in [7, 11) is 0. The van der Waals surface area contributed by atoms with E-state index in [1.807, 2.05) is 37.3 Å². The zero-order valence-corrected chi connectivity index (χ0v) is 11.0. The number of hydrogen-bond acceptors (Lipinski definition) is 4. The summed E-state index contributed by atoms with van der Waals surface area (Å²) in [6.07, 6.45) is 0. The Hall–Kier alpha value is -1.39. The van der Waals surface area contributed by atoms with Crippen LogP contribution in [0.1, 0.15) is 19.4 Å². The predicted octanol–water partition coefficient (Wildman–Crippen LogP) is 1.34. The zero-order chi connectivity index (χ0) is 13.4. The third-order valence-corrected chi connectivity index (χ3v) is 2.73. The first-order valence-electron chi connectivity index (χ1n) is 6.05. The molecule has 0 aliphatic rings. The number of benzene rings is 1. The van der Waals surface area contributed by atoms with Crippen molar-refractivity contribution in [2.45, 2.75) is 20.4 Å². The largest absolute Gasteiger partial charge is 0.465 e. The number of aliphatic hydroxyl groups excluding tert-OH is 1. The molecule has 2 N–H and O–H groups in total. The van der Waals surface area contributed by atoms with Crippen molar-refractivity contribution < 1.29 is 14.6 Å². The zero-order valence-electron chi connectivity index (χ0n) is 11.0. The Morgan fingerprint density at radius 1 is 1.39 bits per heavy atom. The molecule has 0 saturated heterocycles. The average Bonchev–Trinajstić information content (AvgIpc) is 2.38. The van der Waals surface area contributed by atoms with E-state index < -0.39 is 5.41 Å². The van der Waals surface area contributed by atoms with Gasteiger partial charge in [-0.15, -0.1) is 0 Å². The van der Waals surface area contributed by atoms with Crippen molar-refractivity contribution in [2.24, 2.45) is 5.41 Å². The Morgan fingerprint density at radius 3 is 2.61 bits per heavy atom. The molecule has 1 unspecified atom stereocenters. The molecule has 0 aliphatic heterocycles. The van der Waals surface area contributed by atoms with E-state index in [4.69, 9.17) is 4.74 Å². The number of ether oxygens (including phenoxy) is 1. The van der Waals surface area contributed by atoms with E-state index in [1.165, 1.54) is 12.5 Å². The second-order valence-electron chi connectivity index (χ2n) is 4.84. The maximum Gasteiger partial charge on any atom is 0.302 e. The predicted molar refractivity (Wildman–Crippen MR) is 70.0 cm³/mol. The van der Waals surface area contributed by atoms with Crippen LogP contribution in [0.15, 0.2) is 30.3 Å². The summed E-state index contributed by atoms with van der Waals surface area (Å²) in [5.74, 6) is -0.322. The Balaban J connectivity index is 2.36. The molecule has 100 valence electrons. The van der Waals surface area contributed by atoms with Gasteiger partial charge >= 0.3 is 5.97 Å². The van der Waals surface area contributed by atoms with Gasteiger partial charge in [0.25, 0.3) is 0 Å². The highest BCUT2D eigenvalue weighted by Gasteiger charge is 2.24. The molecule has 1 atom stereocenters. The van der Waals surface area contributed by atoms with Gasteiger partial charge in [-0.05, 0) is 5.56 Å². The molecule has 0 heterocycles. The molecule has 0 amide bonds. The summed E-state index contributed by atoms with van der Waals surface area (Å²) in [5, 5.41) is 12.6. The Labute approximate surface area is 108 Å². The van der Waals surface area contributed by atoms with E-state index in [1.54, 1.807) is 0 Å². The smallest absolute Gasteiger partial charge is 0.302 e. The lowest BCUT2D eigenvalue weighted by molar-refractivity contribution is -0.145. The van der Waals surface area contributed by atoms with E-state index in [2.05, 4.69) is 5.32 Å². The minimum absolute atomic E-state index is 0.0257. The minimum Gasteiger partial charge on any atom is -0.465 e. The second kappa shape index (κ2) is 7.13. The molecule has 0 spiro atoms. The fraction of sp³-hybridized carbons (Fsp3) is 0.500. The van der Waals surface area contributed by atoms with Gasteiger partial charge in [-0.3, -0.25) is 4.79 Å². The van der Waals surface area contributed by atoms with Gasteiger partial charge in [0.15, 0.2) is 0 Å². The normalized spacial score (nSPS) is 13.9. The molecular formula is C14H21NO3. The van der Waals surface area contributed by atoms with Crippen LogP contribution in [0.3, 0.4) is 0 Å². The van der Waals surface area contributed by atoms with Crippen molar-refractivity contribution in [3.63, 3.8) is 0 Å². The van der Waals surface area contributed by atoms with E-state index in [-0.39, 0.29) is 19.2 Å². The van der Waals surface area contributed by atoms with Crippen LogP contribution < -0.4 is 5.32 Å². The maximum absolute atomic E-state index is 10.8. The number of nitrogens with one attached hydrogen (secondary N) is 1. The molecule has 18 heavy (non-hydrogen) atoms. The van der Waals surface area contributed by atoms with Crippen molar-refractivity contribution in [1.82, 2.24) is 5.32 Å². The summed E-state index contributed by atoms with van der Waals surface area (Å²) >= 11 is 0. The lowest BCUT2D eigenvalue weighted by atomic mass is 9.93. The van der Waals surface area contributed by atoms with Crippen molar-refractivity contribution >= 4 is 5.97 Å². The third-order valence-electron chi connectivity index (χ3n) is 2.73. The molecule has 0 aromatic heterocycles. The minimum atomic E-state index is -0.444. The summed E-state index contributed by atoms with van der Waals surface area (Å²) < 4.78 is 4.96. The Kier molecular flexibility index (Phi) is 5.82. The maximum atomic E-state index is 10.8. The lowest BCUT2D eigenvalue weighted by Gasteiger charge is -2.26. The van der Waals surface area contributed by atoms with Crippen molar-refractivity contribution in [3.05, 3.63) is 35.9 Å². The molecule has 4 heteroatoms. The first-order valence-corrected chi connectivity index (χ1v) is 6.05. The summed E-state index contributed by atoms with van der Waals surface area (Å²) in [6.45, 7) is 4.77. The topological polar surface area (TPSA) is 58.6 Å². The fourth-order valence-corrected chi connectivity index (χ4v) is 1.53. The standard InChI is InChI=1S/C14H21NO3/c1-12(17)18-11-14(2,10-16)9-15-8-13-6-4-3-5-7-13/h3-7,15-16H,8-11H2,1-2H3. The van der Waals surface area contributed by atoms with Gasteiger partial charge in [0, 0.05) is 25.4 Å². The van der Waals surface area contributed by atoms with E-state index in [0.717, 1.165) is 6.54 Å². The van der Waals surface area contributed by atoms with Crippen LogP contribution >= 0.6 is 0 Å². The lowest BCUT2D eigenvalue weighted by Crippen LogP contribution is -2.39. The van der Waals surface area contributed by atoms with E-state index >= 15 is 0 Å². The van der Waals surface area contributed by atoms with Gasteiger partial charge in [-0.25, -0.2) is 0 Å². The quantitative estimate of drug-likeness (QED) is 0.718. The third kappa shape index (κ3) is 5.29. The van der Waals surface area contributed by atoms with Crippen molar-refractivity contribution in [1.29, 1.82) is 0 Å². The van der Waals surface area contributed by atoms with Gasteiger partial charge in [0.2, 0.25) is 0 Å². The molecule has 1 rings (SSSR count). The highest BCUT2D eigenvalue weighted by atomic mass is 16.5. The van der Waals surface area contributed by atoms with Crippen LogP contribution in [0, 0.1) is 5.41 Å². The van der Waals surface area contributed by atoms with Gasteiger partial charge in [0.05, 0.1) is 6.61 Å². The fourth-order valence-electron chi connectivity index (χ4n) is 1.53. The molecule has 4 nitrogen and oxygen atoms in total. The Morgan fingerprint density at radius 2 is 2.06 bits per heavy atom. The average molecular weight is 251 g/mol. The van der Waals surface area contributed by atoms with Gasteiger partial charge in [-0.1, -0.05) is 37.3 Å². The molecule has 0 aliphatic carbocycles.